The molecule has 3 aromatic rings. The Labute approximate surface area is 144 Å². The lowest BCUT2D eigenvalue weighted by molar-refractivity contribution is 0.103. The Morgan fingerprint density at radius 3 is 2.48 bits per heavy atom. The largest absolute Gasteiger partial charge is 0.360 e. The minimum Gasteiger partial charge on any atom is -0.360 e. The van der Waals surface area contributed by atoms with E-state index in [9.17, 15) is 4.79 Å². The van der Waals surface area contributed by atoms with E-state index in [1.54, 1.807) is 36.5 Å². The fourth-order valence-corrected chi connectivity index (χ4v) is 3.64. The van der Waals surface area contributed by atoms with E-state index in [0.717, 1.165) is 5.52 Å². The lowest BCUT2D eigenvalue weighted by Crippen LogP contribution is -2.01. The lowest BCUT2D eigenvalue weighted by Gasteiger charge is -2.04. The lowest BCUT2D eigenvalue weighted by atomic mass is 10.0. The summed E-state index contributed by atoms with van der Waals surface area (Å²) in [5, 5.41) is 2.17. The minimum absolute atomic E-state index is 0.144. The first-order chi connectivity index (χ1) is 9.97. The van der Waals surface area contributed by atoms with Gasteiger partial charge in [0.05, 0.1) is 5.02 Å². The van der Waals surface area contributed by atoms with Crippen molar-refractivity contribution in [2.45, 2.75) is 0 Å². The van der Waals surface area contributed by atoms with Crippen LogP contribution in [0, 0.1) is 0 Å². The first-order valence-electron chi connectivity index (χ1n) is 5.93. The molecule has 106 valence electrons. The highest BCUT2D eigenvalue weighted by Gasteiger charge is 2.19. The molecule has 2 aromatic carbocycles. The second-order valence-electron chi connectivity index (χ2n) is 4.47. The monoisotopic (exact) mass is 401 g/mol. The summed E-state index contributed by atoms with van der Waals surface area (Å²) in [7, 11) is 0. The van der Waals surface area contributed by atoms with Gasteiger partial charge in [-0.25, -0.2) is 0 Å². The predicted molar refractivity (Wildman–Crippen MR) is 90.9 cm³/mol. The number of fused-ring (bicyclic) bond motifs is 1. The molecule has 3 rings (SSSR count). The average molecular weight is 403 g/mol. The van der Waals surface area contributed by atoms with Gasteiger partial charge in [-0.05, 0) is 46.3 Å². The van der Waals surface area contributed by atoms with Crippen LogP contribution in [0.1, 0.15) is 15.9 Å². The molecular weight excluding hydrogens is 396 g/mol. The number of rotatable bonds is 2. The Morgan fingerprint density at radius 2 is 1.76 bits per heavy atom. The molecular formula is C15H7BrCl3NO. The number of aromatic amines is 1. The third-order valence-corrected chi connectivity index (χ3v) is 4.52. The number of hydrogen-bond acceptors (Lipinski definition) is 1. The Balaban J connectivity index is 2.18. The summed E-state index contributed by atoms with van der Waals surface area (Å²) in [6, 6.07) is 8.38. The van der Waals surface area contributed by atoms with Crippen molar-refractivity contribution in [2.75, 3.05) is 0 Å². The van der Waals surface area contributed by atoms with Crippen LogP contribution in [0.5, 0.6) is 0 Å². The second-order valence-corrected chi connectivity index (χ2v) is 6.60. The van der Waals surface area contributed by atoms with E-state index in [0.29, 0.717) is 36.1 Å². The molecule has 0 aliphatic rings. The Kier molecular flexibility index (Phi) is 4.02. The number of aromatic nitrogens is 1. The van der Waals surface area contributed by atoms with Crippen molar-refractivity contribution in [3.05, 3.63) is 67.2 Å². The van der Waals surface area contributed by atoms with Gasteiger partial charge in [-0.2, -0.15) is 0 Å². The Morgan fingerprint density at radius 1 is 1.00 bits per heavy atom. The second kappa shape index (κ2) is 5.65. The van der Waals surface area contributed by atoms with Crippen molar-refractivity contribution in [1.82, 2.24) is 4.98 Å². The quantitative estimate of drug-likeness (QED) is 0.514. The van der Waals surface area contributed by atoms with Crippen molar-refractivity contribution in [3.63, 3.8) is 0 Å². The normalized spacial score (nSPS) is 11.0. The fourth-order valence-electron chi connectivity index (χ4n) is 2.18. The molecule has 0 radical (unpaired) electrons. The number of nitrogens with one attached hydrogen (secondary N) is 1. The molecule has 21 heavy (non-hydrogen) atoms. The molecule has 1 N–H and O–H groups in total. The van der Waals surface area contributed by atoms with E-state index >= 15 is 0 Å². The van der Waals surface area contributed by atoms with Crippen LogP contribution < -0.4 is 0 Å². The van der Waals surface area contributed by atoms with Crippen molar-refractivity contribution in [3.8, 4) is 0 Å². The zero-order valence-corrected chi connectivity index (χ0v) is 14.2. The van der Waals surface area contributed by atoms with E-state index in [4.69, 9.17) is 34.8 Å². The highest BCUT2D eigenvalue weighted by molar-refractivity contribution is 9.10. The maximum atomic E-state index is 12.7. The number of hydrogen-bond donors (Lipinski definition) is 1. The van der Waals surface area contributed by atoms with Gasteiger partial charge in [-0.3, -0.25) is 4.79 Å². The SMILES string of the molecule is O=C(c1ccc(Cl)cc1Br)c1c[nH]c2cc(Cl)cc(Cl)c12. The summed E-state index contributed by atoms with van der Waals surface area (Å²) in [5.74, 6) is -0.144. The number of H-pyrrole nitrogens is 1. The van der Waals surface area contributed by atoms with Crippen LogP contribution in [0.25, 0.3) is 10.9 Å². The number of carbonyl (C=O) groups is 1. The maximum absolute atomic E-state index is 12.7. The summed E-state index contributed by atoms with van der Waals surface area (Å²) in [5.41, 5.74) is 1.74. The molecule has 0 unspecified atom stereocenters. The number of halogens is 4. The number of ketones is 1. The number of carbonyl (C=O) groups excluding carboxylic acids is 1. The fraction of sp³-hybridized carbons (Fsp3) is 0. The van der Waals surface area contributed by atoms with Crippen LogP contribution in [0.4, 0.5) is 0 Å². The van der Waals surface area contributed by atoms with Gasteiger partial charge in [-0.15, -0.1) is 0 Å². The van der Waals surface area contributed by atoms with Crippen LogP contribution in [-0.2, 0) is 0 Å². The molecule has 2 nitrogen and oxygen atoms in total. The molecule has 0 spiro atoms. The summed E-state index contributed by atoms with van der Waals surface area (Å²) in [4.78, 5) is 15.7. The predicted octanol–water partition coefficient (Wildman–Crippen LogP) is 6.12. The molecule has 0 aliphatic carbocycles. The van der Waals surface area contributed by atoms with Gasteiger partial charge in [0, 0.05) is 42.7 Å². The van der Waals surface area contributed by atoms with E-state index in [1.165, 1.54) is 0 Å². The van der Waals surface area contributed by atoms with E-state index in [2.05, 4.69) is 20.9 Å². The highest BCUT2D eigenvalue weighted by atomic mass is 79.9. The molecule has 0 aliphatic heterocycles. The first-order valence-corrected chi connectivity index (χ1v) is 7.86. The standard InChI is InChI=1S/C15H7BrCl3NO/c16-11-3-7(17)1-2-9(11)15(21)10-6-20-13-5-8(18)4-12(19)14(10)13/h1-6,20H. The van der Waals surface area contributed by atoms with Gasteiger partial charge in [0.15, 0.2) is 5.78 Å². The van der Waals surface area contributed by atoms with Crippen molar-refractivity contribution in [2.24, 2.45) is 0 Å². The molecule has 6 heteroatoms. The highest BCUT2D eigenvalue weighted by Crippen LogP contribution is 2.33. The molecule has 0 saturated heterocycles. The van der Waals surface area contributed by atoms with E-state index < -0.39 is 0 Å². The minimum atomic E-state index is -0.144. The molecule has 1 aromatic heterocycles. The summed E-state index contributed by atoms with van der Waals surface area (Å²) in [6.07, 6.45) is 1.64. The molecule has 0 saturated carbocycles. The molecule has 0 fully saturated rings. The molecule has 0 amide bonds. The number of benzene rings is 2. The van der Waals surface area contributed by atoms with Crippen molar-refractivity contribution >= 4 is 67.4 Å². The third-order valence-electron chi connectivity index (χ3n) is 3.12. The topological polar surface area (TPSA) is 32.9 Å². The van der Waals surface area contributed by atoms with E-state index in [1.807, 2.05) is 0 Å². The van der Waals surface area contributed by atoms with Crippen molar-refractivity contribution < 1.29 is 4.79 Å². The zero-order valence-electron chi connectivity index (χ0n) is 10.4. The van der Waals surface area contributed by atoms with E-state index in [-0.39, 0.29) is 5.78 Å². The molecule has 0 atom stereocenters. The summed E-state index contributed by atoms with van der Waals surface area (Å²) >= 11 is 21.4. The van der Waals surface area contributed by atoms with Crippen LogP contribution in [-0.4, -0.2) is 10.8 Å². The van der Waals surface area contributed by atoms with Crippen LogP contribution >= 0.6 is 50.7 Å². The average Bonchev–Trinajstić information content (AvgIpc) is 2.81. The van der Waals surface area contributed by atoms with Gasteiger partial charge in [-0.1, -0.05) is 34.8 Å². The van der Waals surface area contributed by atoms with Gasteiger partial charge in [0.25, 0.3) is 0 Å². The third kappa shape index (κ3) is 2.71. The van der Waals surface area contributed by atoms with Crippen LogP contribution in [0.15, 0.2) is 41.0 Å². The maximum Gasteiger partial charge on any atom is 0.196 e. The zero-order chi connectivity index (χ0) is 15.1. The summed E-state index contributed by atoms with van der Waals surface area (Å²) < 4.78 is 0.638. The van der Waals surface area contributed by atoms with Gasteiger partial charge >= 0.3 is 0 Å². The summed E-state index contributed by atoms with van der Waals surface area (Å²) in [6.45, 7) is 0. The Bertz CT molecular complexity index is 873. The van der Waals surface area contributed by atoms with Gasteiger partial charge < -0.3 is 4.98 Å². The molecule has 1 heterocycles. The van der Waals surface area contributed by atoms with Gasteiger partial charge in [0.2, 0.25) is 0 Å². The smallest absolute Gasteiger partial charge is 0.196 e. The Hall–Kier alpha value is -1.000. The molecule has 0 bridgehead atoms. The van der Waals surface area contributed by atoms with Gasteiger partial charge in [0.1, 0.15) is 0 Å². The van der Waals surface area contributed by atoms with Crippen LogP contribution in [0.2, 0.25) is 15.1 Å². The van der Waals surface area contributed by atoms with Crippen LogP contribution in [0.3, 0.4) is 0 Å². The first kappa shape index (κ1) is 14.9. The van der Waals surface area contributed by atoms with Crippen molar-refractivity contribution in [1.29, 1.82) is 0 Å².